The van der Waals surface area contributed by atoms with Crippen LogP contribution in [0.5, 0.6) is 0 Å². The van der Waals surface area contributed by atoms with E-state index in [0.29, 0.717) is 25.3 Å². The van der Waals surface area contributed by atoms with Gasteiger partial charge in [-0.2, -0.15) is 0 Å². The predicted octanol–water partition coefficient (Wildman–Crippen LogP) is 1.42. The second-order valence-electron chi connectivity index (χ2n) is 5.68. The highest BCUT2D eigenvalue weighted by molar-refractivity contribution is 5.85. The Kier molecular flexibility index (Phi) is 4.80. The molecule has 1 amide bonds. The summed E-state index contributed by atoms with van der Waals surface area (Å²) in [4.78, 5) is 23.4. The average molecular weight is 269 g/mol. The molecule has 1 heterocycles. The number of carboxylic acid groups (broad SMARTS) is 1. The van der Waals surface area contributed by atoms with Gasteiger partial charge in [0.2, 0.25) is 5.91 Å². The van der Waals surface area contributed by atoms with Crippen LogP contribution < -0.4 is 5.32 Å². The number of carbonyl (C=O) groups excluding carboxylic acids is 1. The van der Waals surface area contributed by atoms with Crippen LogP contribution in [0.2, 0.25) is 0 Å². The van der Waals surface area contributed by atoms with E-state index in [-0.39, 0.29) is 17.9 Å². The molecule has 2 fully saturated rings. The quantitative estimate of drug-likeness (QED) is 0.791. The Morgan fingerprint density at radius 2 is 2.05 bits per heavy atom. The van der Waals surface area contributed by atoms with Crippen molar-refractivity contribution in [3.05, 3.63) is 0 Å². The molecule has 19 heavy (non-hydrogen) atoms. The van der Waals surface area contributed by atoms with Crippen LogP contribution in [0.25, 0.3) is 0 Å². The Morgan fingerprint density at radius 1 is 1.32 bits per heavy atom. The van der Waals surface area contributed by atoms with Gasteiger partial charge in [0.1, 0.15) is 0 Å². The molecule has 1 saturated heterocycles. The third-order valence-electron chi connectivity index (χ3n) is 4.42. The number of amides is 1. The van der Waals surface area contributed by atoms with Crippen molar-refractivity contribution in [3.8, 4) is 0 Å². The van der Waals surface area contributed by atoms with E-state index < -0.39 is 11.9 Å². The fraction of sp³-hybridized carbons (Fsp3) is 0.857. The largest absolute Gasteiger partial charge is 0.481 e. The molecule has 5 heteroatoms. The predicted molar refractivity (Wildman–Crippen MR) is 69.6 cm³/mol. The first-order valence-corrected chi connectivity index (χ1v) is 7.24. The van der Waals surface area contributed by atoms with Gasteiger partial charge in [-0.15, -0.1) is 0 Å². The Labute approximate surface area is 113 Å². The van der Waals surface area contributed by atoms with E-state index in [9.17, 15) is 14.7 Å². The van der Waals surface area contributed by atoms with E-state index >= 15 is 0 Å². The molecule has 0 aromatic rings. The lowest BCUT2D eigenvalue weighted by Crippen LogP contribution is -2.39. The minimum atomic E-state index is -0.840. The molecule has 1 aliphatic heterocycles. The average Bonchev–Trinajstić information content (AvgIpc) is 3.04. The summed E-state index contributed by atoms with van der Waals surface area (Å²) < 4.78 is 5.45. The van der Waals surface area contributed by atoms with E-state index in [4.69, 9.17) is 4.74 Å². The third-order valence-corrected chi connectivity index (χ3v) is 4.42. The lowest BCUT2D eigenvalue weighted by atomic mass is 9.95. The topological polar surface area (TPSA) is 75.6 Å². The van der Waals surface area contributed by atoms with Gasteiger partial charge >= 0.3 is 5.97 Å². The maximum absolute atomic E-state index is 12.1. The molecule has 2 N–H and O–H groups in total. The van der Waals surface area contributed by atoms with Crippen molar-refractivity contribution >= 4 is 11.9 Å². The van der Waals surface area contributed by atoms with E-state index in [2.05, 4.69) is 12.2 Å². The molecular formula is C14H23NO4. The van der Waals surface area contributed by atoms with E-state index in [1.165, 1.54) is 0 Å². The number of hydrogen-bond donors (Lipinski definition) is 2. The van der Waals surface area contributed by atoms with Crippen LogP contribution >= 0.6 is 0 Å². The Hall–Kier alpha value is -1.10. The summed E-state index contributed by atoms with van der Waals surface area (Å²) in [5.74, 6) is -1.48. The molecule has 0 radical (unpaired) electrons. The molecule has 0 spiro atoms. The summed E-state index contributed by atoms with van der Waals surface area (Å²) in [6.45, 7) is 3.33. The Morgan fingerprint density at radius 3 is 2.63 bits per heavy atom. The first-order chi connectivity index (χ1) is 9.11. The number of carboxylic acids is 1. The van der Waals surface area contributed by atoms with E-state index in [0.717, 1.165) is 25.9 Å². The summed E-state index contributed by atoms with van der Waals surface area (Å²) in [5, 5.41) is 12.1. The SMILES string of the molecule is CCC1C[C@H](C(=O)NCC2CCCO2)[C@H](C(=O)O)C1. The van der Waals surface area contributed by atoms with Crippen molar-refractivity contribution in [1.82, 2.24) is 5.32 Å². The maximum Gasteiger partial charge on any atom is 0.307 e. The number of carbonyl (C=O) groups is 2. The fourth-order valence-corrected chi connectivity index (χ4v) is 3.19. The van der Waals surface area contributed by atoms with Crippen LogP contribution in [-0.4, -0.2) is 36.2 Å². The number of hydrogen-bond acceptors (Lipinski definition) is 3. The highest BCUT2D eigenvalue weighted by Crippen LogP contribution is 2.38. The van der Waals surface area contributed by atoms with Crippen LogP contribution in [0.1, 0.15) is 39.0 Å². The molecule has 0 aromatic carbocycles. The summed E-state index contributed by atoms with van der Waals surface area (Å²) in [7, 11) is 0. The lowest BCUT2D eigenvalue weighted by molar-refractivity contribution is -0.146. The summed E-state index contributed by atoms with van der Waals surface area (Å²) in [5.41, 5.74) is 0. The second-order valence-corrected chi connectivity index (χ2v) is 5.68. The molecule has 0 bridgehead atoms. The molecule has 108 valence electrons. The molecule has 1 saturated carbocycles. The summed E-state index contributed by atoms with van der Waals surface area (Å²) in [6.07, 6.45) is 4.40. The van der Waals surface area contributed by atoms with Crippen molar-refractivity contribution < 1.29 is 19.4 Å². The van der Waals surface area contributed by atoms with E-state index in [1.807, 2.05) is 0 Å². The molecule has 2 rings (SSSR count). The minimum Gasteiger partial charge on any atom is -0.481 e. The number of rotatable bonds is 5. The van der Waals surface area contributed by atoms with Gasteiger partial charge in [-0.25, -0.2) is 0 Å². The standard InChI is InChI=1S/C14H23NO4/c1-2-9-6-11(12(7-9)14(17)18)13(16)15-8-10-4-3-5-19-10/h9-12H,2-8H2,1H3,(H,15,16)(H,17,18)/t9?,10?,11-,12+/m0/s1. The van der Waals surface area contributed by atoms with Gasteiger partial charge in [0.25, 0.3) is 0 Å². The van der Waals surface area contributed by atoms with Gasteiger partial charge < -0.3 is 15.2 Å². The molecule has 2 aliphatic rings. The summed E-state index contributed by atoms with van der Waals surface area (Å²) in [6, 6.07) is 0. The highest BCUT2D eigenvalue weighted by Gasteiger charge is 2.42. The number of nitrogens with one attached hydrogen (secondary N) is 1. The first kappa shape index (κ1) is 14.3. The van der Waals surface area contributed by atoms with Crippen molar-refractivity contribution in [1.29, 1.82) is 0 Å². The van der Waals surface area contributed by atoms with Crippen LogP contribution in [0.15, 0.2) is 0 Å². The van der Waals surface area contributed by atoms with Crippen LogP contribution in [0.4, 0.5) is 0 Å². The Bertz CT molecular complexity index is 338. The second kappa shape index (κ2) is 6.37. The maximum atomic E-state index is 12.1. The zero-order valence-electron chi connectivity index (χ0n) is 11.4. The molecular weight excluding hydrogens is 246 g/mol. The molecule has 1 aliphatic carbocycles. The molecule has 0 aromatic heterocycles. The van der Waals surface area contributed by atoms with E-state index in [1.54, 1.807) is 0 Å². The van der Waals surface area contributed by atoms with Crippen molar-refractivity contribution in [2.24, 2.45) is 17.8 Å². The van der Waals surface area contributed by atoms with Gasteiger partial charge in [0, 0.05) is 13.2 Å². The summed E-state index contributed by atoms with van der Waals surface area (Å²) >= 11 is 0. The molecule has 4 atom stereocenters. The highest BCUT2D eigenvalue weighted by atomic mass is 16.5. The van der Waals surface area contributed by atoms with Gasteiger partial charge in [-0.05, 0) is 31.6 Å². The van der Waals surface area contributed by atoms with Crippen molar-refractivity contribution in [2.45, 2.75) is 45.1 Å². The van der Waals surface area contributed by atoms with Crippen molar-refractivity contribution in [3.63, 3.8) is 0 Å². The van der Waals surface area contributed by atoms with Gasteiger partial charge in [-0.3, -0.25) is 9.59 Å². The monoisotopic (exact) mass is 269 g/mol. The van der Waals surface area contributed by atoms with Crippen LogP contribution in [-0.2, 0) is 14.3 Å². The normalized spacial score (nSPS) is 34.4. The first-order valence-electron chi connectivity index (χ1n) is 7.24. The fourth-order valence-electron chi connectivity index (χ4n) is 3.19. The third kappa shape index (κ3) is 3.47. The Balaban J connectivity index is 1.87. The van der Waals surface area contributed by atoms with Gasteiger partial charge in [0.05, 0.1) is 17.9 Å². The van der Waals surface area contributed by atoms with Crippen LogP contribution in [0, 0.1) is 17.8 Å². The van der Waals surface area contributed by atoms with Gasteiger partial charge in [0.15, 0.2) is 0 Å². The van der Waals surface area contributed by atoms with Gasteiger partial charge in [-0.1, -0.05) is 13.3 Å². The smallest absolute Gasteiger partial charge is 0.307 e. The lowest BCUT2D eigenvalue weighted by Gasteiger charge is -2.17. The minimum absolute atomic E-state index is 0.107. The number of aliphatic carboxylic acids is 1. The zero-order chi connectivity index (χ0) is 13.8. The van der Waals surface area contributed by atoms with Crippen LogP contribution in [0.3, 0.4) is 0 Å². The van der Waals surface area contributed by atoms with Crippen molar-refractivity contribution in [2.75, 3.05) is 13.2 Å². The molecule has 5 nitrogen and oxygen atoms in total. The number of ether oxygens (including phenoxy) is 1. The molecule has 2 unspecified atom stereocenters. The zero-order valence-corrected chi connectivity index (χ0v) is 11.4.